The third kappa shape index (κ3) is 3.86. The summed E-state index contributed by atoms with van der Waals surface area (Å²) in [5, 5.41) is 2.88. The molecule has 1 aromatic rings. The Kier molecular flexibility index (Phi) is 4.70. The molecule has 94 valence electrons. The molecule has 0 fully saturated rings. The zero-order valence-corrected chi connectivity index (χ0v) is 10.9. The lowest BCUT2D eigenvalue weighted by atomic mass is 9.92. The number of anilines is 1. The van der Waals surface area contributed by atoms with E-state index in [-0.39, 0.29) is 5.91 Å². The van der Waals surface area contributed by atoms with Crippen molar-refractivity contribution in [1.29, 1.82) is 0 Å². The fraction of sp³-hybridized carbons (Fsp3) is 0.500. The van der Waals surface area contributed by atoms with Crippen LogP contribution in [0.25, 0.3) is 0 Å². The van der Waals surface area contributed by atoms with Gasteiger partial charge in [0, 0.05) is 12.2 Å². The maximum Gasteiger partial charge on any atom is 0.231 e. The van der Waals surface area contributed by atoms with Crippen molar-refractivity contribution in [3.63, 3.8) is 0 Å². The average molecular weight is 234 g/mol. The molecule has 1 amide bonds. The molecule has 0 aliphatic rings. The Morgan fingerprint density at radius 1 is 1.29 bits per heavy atom. The lowest BCUT2D eigenvalue weighted by molar-refractivity contribution is -0.123. The number of hydrogen-bond donors (Lipinski definition) is 2. The summed E-state index contributed by atoms with van der Waals surface area (Å²) in [6.45, 7) is 6.17. The Hall–Kier alpha value is -1.35. The van der Waals surface area contributed by atoms with Gasteiger partial charge in [-0.1, -0.05) is 25.5 Å². The standard InChI is InChI=1S/C14H22N2O/c1-4-5-11-6-8-12(9-7-11)16-13(17)14(2,3)10-15/h6-9H,4-5,10,15H2,1-3H3,(H,16,17). The first-order chi connectivity index (χ1) is 7.99. The molecule has 0 aliphatic carbocycles. The van der Waals surface area contributed by atoms with Gasteiger partial charge in [-0.15, -0.1) is 0 Å². The number of carbonyl (C=O) groups is 1. The summed E-state index contributed by atoms with van der Waals surface area (Å²) >= 11 is 0. The average Bonchev–Trinajstić information content (AvgIpc) is 2.32. The molecule has 17 heavy (non-hydrogen) atoms. The number of benzene rings is 1. The van der Waals surface area contributed by atoms with Crippen molar-refractivity contribution < 1.29 is 4.79 Å². The van der Waals surface area contributed by atoms with Crippen molar-refractivity contribution in [1.82, 2.24) is 0 Å². The number of carbonyl (C=O) groups excluding carboxylic acids is 1. The van der Waals surface area contributed by atoms with Crippen LogP contribution in [0.2, 0.25) is 0 Å². The molecular formula is C14H22N2O. The van der Waals surface area contributed by atoms with Gasteiger partial charge in [-0.25, -0.2) is 0 Å². The molecule has 0 unspecified atom stereocenters. The maximum absolute atomic E-state index is 11.9. The summed E-state index contributed by atoms with van der Waals surface area (Å²) in [6.07, 6.45) is 2.20. The van der Waals surface area contributed by atoms with Crippen molar-refractivity contribution >= 4 is 11.6 Å². The highest BCUT2D eigenvalue weighted by molar-refractivity contribution is 5.94. The Labute approximate surface area is 103 Å². The second-order valence-corrected chi connectivity index (χ2v) is 4.99. The van der Waals surface area contributed by atoms with Crippen LogP contribution in [0.3, 0.4) is 0 Å². The molecule has 0 saturated heterocycles. The van der Waals surface area contributed by atoms with E-state index in [0.29, 0.717) is 6.54 Å². The van der Waals surface area contributed by atoms with Crippen LogP contribution in [-0.2, 0) is 11.2 Å². The van der Waals surface area contributed by atoms with Gasteiger partial charge in [0.25, 0.3) is 0 Å². The summed E-state index contributed by atoms with van der Waals surface area (Å²) < 4.78 is 0. The molecule has 3 nitrogen and oxygen atoms in total. The summed E-state index contributed by atoms with van der Waals surface area (Å²) in [5.41, 5.74) is 7.16. The normalized spacial score (nSPS) is 11.3. The monoisotopic (exact) mass is 234 g/mol. The minimum atomic E-state index is -0.526. The van der Waals surface area contributed by atoms with Crippen LogP contribution in [0.1, 0.15) is 32.8 Å². The predicted molar refractivity (Wildman–Crippen MR) is 71.9 cm³/mol. The van der Waals surface area contributed by atoms with Crippen LogP contribution in [-0.4, -0.2) is 12.5 Å². The molecular weight excluding hydrogens is 212 g/mol. The van der Waals surface area contributed by atoms with E-state index in [2.05, 4.69) is 24.4 Å². The molecule has 0 atom stereocenters. The first-order valence-corrected chi connectivity index (χ1v) is 6.10. The van der Waals surface area contributed by atoms with E-state index in [0.717, 1.165) is 18.5 Å². The van der Waals surface area contributed by atoms with Crippen molar-refractivity contribution in [2.75, 3.05) is 11.9 Å². The quantitative estimate of drug-likeness (QED) is 0.822. The van der Waals surface area contributed by atoms with Crippen LogP contribution in [0.5, 0.6) is 0 Å². The summed E-state index contributed by atoms with van der Waals surface area (Å²) in [4.78, 5) is 11.9. The van der Waals surface area contributed by atoms with E-state index in [1.807, 2.05) is 26.0 Å². The molecule has 0 radical (unpaired) electrons. The van der Waals surface area contributed by atoms with Crippen LogP contribution in [0.15, 0.2) is 24.3 Å². The molecule has 0 spiro atoms. The zero-order valence-electron chi connectivity index (χ0n) is 10.9. The number of aryl methyl sites for hydroxylation is 1. The Morgan fingerprint density at radius 2 is 1.88 bits per heavy atom. The minimum Gasteiger partial charge on any atom is -0.329 e. The van der Waals surface area contributed by atoms with Crippen LogP contribution < -0.4 is 11.1 Å². The molecule has 0 aromatic heterocycles. The lowest BCUT2D eigenvalue weighted by Gasteiger charge is -2.21. The number of nitrogens with two attached hydrogens (primary N) is 1. The number of amides is 1. The van der Waals surface area contributed by atoms with Crippen LogP contribution in [0.4, 0.5) is 5.69 Å². The van der Waals surface area contributed by atoms with Gasteiger partial charge < -0.3 is 11.1 Å². The Morgan fingerprint density at radius 3 is 2.35 bits per heavy atom. The zero-order chi connectivity index (χ0) is 12.9. The third-order valence-corrected chi connectivity index (χ3v) is 2.88. The van der Waals surface area contributed by atoms with Crippen molar-refractivity contribution in [2.24, 2.45) is 11.1 Å². The molecule has 1 aromatic carbocycles. The number of rotatable bonds is 5. The summed E-state index contributed by atoms with van der Waals surface area (Å²) in [7, 11) is 0. The number of hydrogen-bond acceptors (Lipinski definition) is 2. The minimum absolute atomic E-state index is 0.0387. The molecule has 1 rings (SSSR count). The van der Waals surface area contributed by atoms with E-state index >= 15 is 0 Å². The first-order valence-electron chi connectivity index (χ1n) is 6.10. The molecule has 0 saturated carbocycles. The van der Waals surface area contributed by atoms with Gasteiger partial charge in [-0.3, -0.25) is 4.79 Å². The van der Waals surface area contributed by atoms with Crippen LogP contribution in [0, 0.1) is 5.41 Å². The Balaban J connectivity index is 2.66. The number of nitrogens with one attached hydrogen (secondary N) is 1. The highest BCUT2D eigenvalue weighted by atomic mass is 16.2. The van der Waals surface area contributed by atoms with E-state index < -0.39 is 5.41 Å². The molecule has 0 heterocycles. The van der Waals surface area contributed by atoms with E-state index in [1.165, 1.54) is 5.56 Å². The molecule has 0 aliphatic heterocycles. The van der Waals surface area contributed by atoms with Gasteiger partial charge in [0.1, 0.15) is 0 Å². The van der Waals surface area contributed by atoms with E-state index in [1.54, 1.807) is 0 Å². The van der Waals surface area contributed by atoms with Crippen molar-refractivity contribution in [2.45, 2.75) is 33.6 Å². The Bertz CT molecular complexity index is 368. The van der Waals surface area contributed by atoms with E-state index in [4.69, 9.17) is 5.73 Å². The topological polar surface area (TPSA) is 55.1 Å². The van der Waals surface area contributed by atoms with Crippen LogP contribution >= 0.6 is 0 Å². The third-order valence-electron chi connectivity index (χ3n) is 2.88. The van der Waals surface area contributed by atoms with Crippen molar-refractivity contribution in [3.8, 4) is 0 Å². The molecule has 3 N–H and O–H groups in total. The summed E-state index contributed by atoms with van der Waals surface area (Å²) in [6, 6.07) is 7.98. The van der Waals surface area contributed by atoms with Gasteiger partial charge >= 0.3 is 0 Å². The molecule has 3 heteroatoms. The highest BCUT2D eigenvalue weighted by Gasteiger charge is 2.25. The van der Waals surface area contributed by atoms with Gasteiger partial charge in [0.15, 0.2) is 0 Å². The smallest absolute Gasteiger partial charge is 0.231 e. The fourth-order valence-corrected chi connectivity index (χ4v) is 1.44. The van der Waals surface area contributed by atoms with Gasteiger partial charge in [0.05, 0.1) is 5.41 Å². The lowest BCUT2D eigenvalue weighted by Crippen LogP contribution is -2.37. The second-order valence-electron chi connectivity index (χ2n) is 4.99. The van der Waals surface area contributed by atoms with Gasteiger partial charge in [-0.05, 0) is 38.0 Å². The second kappa shape index (κ2) is 5.82. The fourth-order valence-electron chi connectivity index (χ4n) is 1.44. The predicted octanol–water partition coefficient (Wildman–Crippen LogP) is 2.56. The molecule has 0 bridgehead atoms. The van der Waals surface area contributed by atoms with Gasteiger partial charge in [0.2, 0.25) is 5.91 Å². The van der Waals surface area contributed by atoms with E-state index in [9.17, 15) is 4.79 Å². The first kappa shape index (κ1) is 13.7. The van der Waals surface area contributed by atoms with Gasteiger partial charge in [-0.2, -0.15) is 0 Å². The SMILES string of the molecule is CCCc1ccc(NC(=O)C(C)(C)CN)cc1. The highest BCUT2D eigenvalue weighted by Crippen LogP contribution is 2.17. The van der Waals surface area contributed by atoms with Crippen molar-refractivity contribution in [3.05, 3.63) is 29.8 Å². The maximum atomic E-state index is 11.9. The largest absolute Gasteiger partial charge is 0.329 e. The summed E-state index contributed by atoms with van der Waals surface area (Å²) in [5.74, 6) is -0.0387.